The van der Waals surface area contributed by atoms with Gasteiger partial charge >= 0.3 is 0 Å². The van der Waals surface area contributed by atoms with E-state index >= 15 is 0 Å². The van der Waals surface area contributed by atoms with E-state index in [4.69, 9.17) is 4.42 Å². The second-order valence-electron chi connectivity index (χ2n) is 6.98. The molecule has 2 amide bonds. The predicted molar refractivity (Wildman–Crippen MR) is 117 cm³/mol. The van der Waals surface area contributed by atoms with Crippen molar-refractivity contribution in [3.63, 3.8) is 0 Å². The molecule has 4 aromatic rings. The van der Waals surface area contributed by atoms with Crippen molar-refractivity contribution < 1.29 is 14.0 Å². The quantitative estimate of drug-likeness (QED) is 0.489. The molecule has 2 heterocycles. The zero-order valence-electron chi connectivity index (χ0n) is 17.1. The molecule has 8 nitrogen and oxygen atoms in total. The van der Waals surface area contributed by atoms with Crippen molar-refractivity contribution in [2.24, 2.45) is 0 Å². The number of aromatic nitrogens is 3. The van der Waals surface area contributed by atoms with E-state index in [0.717, 1.165) is 5.56 Å². The number of hydrogen-bond donors (Lipinski definition) is 2. The minimum absolute atomic E-state index is 0.209. The van der Waals surface area contributed by atoms with Gasteiger partial charge in [-0.1, -0.05) is 24.3 Å². The molecule has 0 fully saturated rings. The molecule has 0 radical (unpaired) electrons. The van der Waals surface area contributed by atoms with Crippen LogP contribution in [0, 0.1) is 6.92 Å². The second-order valence-corrected chi connectivity index (χ2v) is 6.98. The van der Waals surface area contributed by atoms with Crippen LogP contribution in [0.3, 0.4) is 0 Å². The Bertz CT molecular complexity index is 1200. The topological polar surface area (TPSA) is 102 Å². The first-order chi connectivity index (χ1) is 15.0. The molecular weight excluding hydrogens is 394 g/mol. The lowest BCUT2D eigenvalue weighted by Gasteiger charge is -2.13. The molecule has 4 rings (SSSR count). The van der Waals surface area contributed by atoms with Gasteiger partial charge in [0.2, 0.25) is 11.8 Å². The maximum atomic E-state index is 12.7. The lowest BCUT2D eigenvalue weighted by Crippen LogP contribution is -2.24. The van der Waals surface area contributed by atoms with Crippen molar-refractivity contribution in [2.45, 2.75) is 19.9 Å². The zero-order chi connectivity index (χ0) is 21.8. The fourth-order valence-electron chi connectivity index (χ4n) is 3.05. The summed E-state index contributed by atoms with van der Waals surface area (Å²) >= 11 is 0. The molecule has 31 heavy (non-hydrogen) atoms. The van der Waals surface area contributed by atoms with Crippen molar-refractivity contribution >= 4 is 23.2 Å². The Hall–Kier alpha value is -4.20. The number of nitrogens with zero attached hydrogens (tertiary/aromatic N) is 3. The van der Waals surface area contributed by atoms with Gasteiger partial charge in [0.25, 0.3) is 5.91 Å². The number of benzene rings is 2. The highest BCUT2D eigenvalue weighted by atomic mass is 16.4. The van der Waals surface area contributed by atoms with E-state index in [1.54, 1.807) is 61.3 Å². The van der Waals surface area contributed by atoms with Crippen LogP contribution < -0.4 is 10.6 Å². The summed E-state index contributed by atoms with van der Waals surface area (Å²) in [6.07, 6.45) is 3.35. The molecule has 0 saturated carbocycles. The first-order valence-electron chi connectivity index (χ1n) is 9.75. The Morgan fingerprint density at radius 2 is 1.74 bits per heavy atom. The maximum absolute atomic E-state index is 12.7. The van der Waals surface area contributed by atoms with Crippen LogP contribution in [-0.4, -0.2) is 26.6 Å². The average molecular weight is 415 g/mol. The molecule has 1 unspecified atom stereocenters. The van der Waals surface area contributed by atoms with Crippen molar-refractivity contribution in [3.05, 3.63) is 84.5 Å². The van der Waals surface area contributed by atoms with E-state index in [2.05, 4.69) is 20.7 Å². The Labute approximate surface area is 178 Å². The van der Waals surface area contributed by atoms with Gasteiger partial charge in [0.1, 0.15) is 11.8 Å². The second kappa shape index (κ2) is 8.66. The van der Waals surface area contributed by atoms with Crippen molar-refractivity contribution in [1.82, 2.24) is 14.8 Å². The first-order valence-corrected chi connectivity index (χ1v) is 9.75. The van der Waals surface area contributed by atoms with Crippen LogP contribution in [0.1, 0.15) is 29.2 Å². The summed E-state index contributed by atoms with van der Waals surface area (Å²) in [5.74, 6) is 0.203. The smallest absolute Gasteiger partial charge is 0.277 e. The van der Waals surface area contributed by atoms with Crippen LogP contribution in [-0.2, 0) is 4.79 Å². The van der Waals surface area contributed by atoms with Crippen LogP contribution in [0.25, 0.3) is 11.5 Å². The fourth-order valence-corrected chi connectivity index (χ4v) is 3.05. The molecule has 0 aliphatic carbocycles. The van der Waals surface area contributed by atoms with Gasteiger partial charge in [-0.15, -0.1) is 0 Å². The molecule has 0 saturated heterocycles. The third-order valence-electron chi connectivity index (χ3n) is 4.72. The predicted octanol–water partition coefficient (Wildman–Crippen LogP) is 4.30. The summed E-state index contributed by atoms with van der Waals surface area (Å²) in [6.45, 7) is 3.45. The highest BCUT2D eigenvalue weighted by Gasteiger charge is 2.19. The Balaban J connectivity index is 1.46. The van der Waals surface area contributed by atoms with Gasteiger partial charge < -0.3 is 15.1 Å². The fraction of sp³-hybridized carbons (Fsp3) is 0.130. The minimum atomic E-state index is -0.470. The SMILES string of the molecule is Cc1oc(-c2ccccc2)nc1C(=O)Nc1cccc(NC(=O)C(C)n2cccn2)c1. The number of carbonyl (C=O) groups excluding carboxylic acids is 2. The summed E-state index contributed by atoms with van der Waals surface area (Å²) in [4.78, 5) is 29.6. The van der Waals surface area contributed by atoms with Crippen molar-refractivity contribution in [3.8, 4) is 11.5 Å². The number of carbonyl (C=O) groups is 2. The summed E-state index contributed by atoms with van der Waals surface area (Å²) in [5, 5.41) is 9.72. The van der Waals surface area contributed by atoms with Crippen LogP contribution in [0.4, 0.5) is 11.4 Å². The van der Waals surface area contributed by atoms with Crippen LogP contribution >= 0.6 is 0 Å². The number of amides is 2. The molecule has 0 aliphatic heterocycles. The number of hydrogen-bond acceptors (Lipinski definition) is 5. The largest absolute Gasteiger partial charge is 0.441 e. The molecule has 0 spiro atoms. The van der Waals surface area contributed by atoms with E-state index in [-0.39, 0.29) is 11.6 Å². The van der Waals surface area contributed by atoms with Gasteiger partial charge in [0.05, 0.1) is 0 Å². The zero-order valence-corrected chi connectivity index (χ0v) is 17.1. The molecule has 0 aliphatic rings. The molecule has 1 atom stereocenters. The lowest BCUT2D eigenvalue weighted by atomic mass is 10.2. The normalized spacial score (nSPS) is 11.7. The van der Waals surface area contributed by atoms with Crippen LogP contribution in [0.15, 0.2) is 77.5 Å². The molecule has 156 valence electrons. The van der Waals surface area contributed by atoms with Gasteiger partial charge in [-0.05, 0) is 50.2 Å². The van der Waals surface area contributed by atoms with Crippen molar-refractivity contribution in [2.75, 3.05) is 10.6 Å². The Kier molecular flexibility index (Phi) is 5.61. The number of rotatable bonds is 6. The van der Waals surface area contributed by atoms with Gasteiger partial charge in [-0.25, -0.2) is 4.98 Å². The maximum Gasteiger partial charge on any atom is 0.277 e. The molecule has 2 aromatic carbocycles. The van der Waals surface area contributed by atoms with Gasteiger partial charge in [0.15, 0.2) is 5.69 Å². The van der Waals surface area contributed by atoms with Crippen molar-refractivity contribution in [1.29, 1.82) is 0 Å². The highest BCUT2D eigenvalue weighted by molar-refractivity contribution is 6.04. The summed E-state index contributed by atoms with van der Waals surface area (Å²) in [5.41, 5.74) is 2.09. The Morgan fingerprint density at radius 3 is 2.45 bits per heavy atom. The average Bonchev–Trinajstić information content (AvgIpc) is 3.44. The van der Waals surface area contributed by atoms with E-state index in [9.17, 15) is 9.59 Å². The Morgan fingerprint density at radius 1 is 1.00 bits per heavy atom. The van der Waals surface area contributed by atoms with Crippen LogP contribution in [0.2, 0.25) is 0 Å². The number of nitrogens with one attached hydrogen (secondary N) is 2. The number of aryl methyl sites for hydroxylation is 1. The van der Waals surface area contributed by atoms with Gasteiger partial charge in [-0.3, -0.25) is 14.3 Å². The molecule has 0 bridgehead atoms. The molecule has 2 aromatic heterocycles. The first kappa shape index (κ1) is 20.1. The molecule has 2 N–H and O–H groups in total. The standard InChI is InChI=1S/C23H21N5O3/c1-15(28-13-7-12-24-28)21(29)25-18-10-6-11-19(14-18)26-22(30)20-16(2)31-23(27-20)17-8-4-3-5-9-17/h3-15H,1-2H3,(H,25,29)(H,26,30). The lowest BCUT2D eigenvalue weighted by molar-refractivity contribution is -0.119. The highest BCUT2D eigenvalue weighted by Crippen LogP contribution is 2.23. The van der Waals surface area contributed by atoms with E-state index < -0.39 is 11.9 Å². The third-order valence-corrected chi connectivity index (χ3v) is 4.72. The monoisotopic (exact) mass is 415 g/mol. The third kappa shape index (κ3) is 4.53. The summed E-state index contributed by atoms with van der Waals surface area (Å²) in [6, 6.07) is 17.6. The summed E-state index contributed by atoms with van der Waals surface area (Å²) in [7, 11) is 0. The molecular formula is C23H21N5O3. The summed E-state index contributed by atoms with van der Waals surface area (Å²) < 4.78 is 7.23. The van der Waals surface area contributed by atoms with Gasteiger partial charge in [-0.2, -0.15) is 5.10 Å². The number of anilines is 2. The van der Waals surface area contributed by atoms with Crippen LogP contribution in [0.5, 0.6) is 0 Å². The number of oxazole rings is 1. The minimum Gasteiger partial charge on any atom is -0.441 e. The van der Waals surface area contributed by atoms with E-state index in [1.807, 2.05) is 30.3 Å². The molecule has 8 heteroatoms. The van der Waals surface area contributed by atoms with E-state index in [1.165, 1.54) is 0 Å². The van der Waals surface area contributed by atoms with Gasteiger partial charge in [0, 0.05) is 29.3 Å². The van der Waals surface area contributed by atoms with E-state index in [0.29, 0.717) is 23.0 Å².